The fourth-order valence-corrected chi connectivity index (χ4v) is 2.25. The van der Waals surface area contributed by atoms with Gasteiger partial charge < -0.3 is 16.0 Å². The van der Waals surface area contributed by atoms with Gasteiger partial charge in [0.05, 0.1) is 6.33 Å². The number of nitrogens with two attached hydrogens (primary N) is 1. The topological polar surface area (TPSA) is 66.7 Å². The molecule has 1 aliphatic rings. The Morgan fingerprint density at radius 1 is 1.53 bits per heavy atom. The lowest BCUT2D eigenvalue weighted by Gasteiger charge is -2.27. The predicted octanol–water partition coefficient (Wildman–Crippen LogP) is 0.812. The van der Waals surface area contributed by atoms with Gasteiger partial charge in [0.1, 0.15) is 0 Å². The van der Waals surface area contributed by atoms with Crippen molar-refractivity contribution in [2.75, 3.05) is 6.54 Å². The first kappa shape index (κ1) is 10.6. The van der Waals surface area contributed by atoms with E-state index in [1.54, 1.807) is 6.33 Å². The summed E-state index contributed by atoms with van der Waals surface area (Å²) in [5.74, 6) is 0. The van der Waals surface area contributed by atoms with E-state index < -0.39 is 0 Å². The molecule has 15 heavy (non-hydrogen) atoms. The summed E-state index contributed by atoms with van der Waals surface area (Å²) in [7, 11) is 0. The Morgan fingerprint density at radius 2 is 2.47 bits per heavy atom. The largest absolute Gasteiger partial charge is 0.348 e. The van der Waals surface area contributed by atoms with E-state index in [4.69, 9.17) is 5.73 Å². The zero-order chi connectivity index (χ0) is 10.5. The van der Waals surface area contributed by atoms with Crippen LogP contribution in [0.5, 0.6) is 0 Å². The molecular weight excluding hydrogens is 188 g/mol. The van der Waals surface area contributed by atoms with Gasteiger partial charge in [0, 0.05) is 36.9 Å². The van der Waals surface area contributed by atoms with Crippen LogP contribution in [0.25, 0.3) is 0 Å². The van der Waals surface area contributed by atoms with Gasteiger partial charge >= 0.3 is 0 Å². The monoisotopic (exact) mass is 208 g/mol. The second kappa shape index (κ2) is 5.28. The molecule has 0 saturated heterocycles. The molecule has 1 aliphatic carbocycles. The number of imidazole rings is 1. The molecule has 4 nitrogen and oxygen atoms in total. The molecular formula is C11H20N4. The van der Waals surface area contributed by atoms with Crippen LogP contribution in [0.1, 0.15) is 31.4 Å². The predicted molar refractivity (Wildman–Crippen MR) is 60.5 cm³/mol. The summed E-state index contributed by atoms with van der Waals surface area (Å²) < 4.78 is 0. The molecule has 0 amide bonds. The summed E-state index contributed by atoms with van der Waals surface area (Å²) in [4.78, 5) is 7.10. The Labute approximate surface area is 90.7 Å². The molecule has 84 valence electrons. The quantitative estimate of drug-likeness (QED) is 0.686. The van der Waals surface area contributed by atoms with Crippen molar-refractivity contribution in [2.24, 2.45) is 5.73 Å². The third kappa shape index (κ3) is 3.32. The van der Waals surface area contributed by atoms with Crippen molar-refractivity contribution in [1.29, 1.82) is 0 Å². The lowest BCUT2D eigenvalue weighted by Crippen LogP contribution is -2.40. The van der Waals surface area contributed by atoms with Crippen LogP contribution in [0, 0.1) is 0 Å². The highest BCUT2D eigenvalue weighted by Gasteiger charge is 2.18. The zero-order valence-corrected chi connectivity index (χ0v) is 9.08. The molecule has 4 heteroatoms. The smallest absolute Gasteiger partial charge is 0.0921 e. The summed E-state index contributed by atoms with van der Waals surface area (Å²) >= 11 is 0. The Kier molecular flexibility index (Phi) is 3.75. The first-order valence-electron chi connectivity index (χ1n) is 5.81. The minimum Gasteiger partial charge on any atom is -0.348 e. The fourth-order valence-electron chi connectivity index (χ4n) is 2.25. The van der Waals surface area contributed by atoms with E-state index in [-0.39, 0.29) is 0 Å². The fraction of sp³-hybridized carbons (Fsp3) is 0.727. The molecule has 4 N–H and O–H groups in total. The van der Waals surface area contributed by atoms with Gasteiger partial charge in [0.25, 0.3) is 0 Å². The first-order chi connectivity index (χ1) is 7.34. The van der Waals surface area contributed by atoms with Crippen LogP contribution >= 0.6 is 0 Å². The average Bonchev–Trinajstić information content (AvgIpc) is 2.71. The van der Waals surface area contributed by atoms with Crippen molar-refractivity contribution >= 4 is 0 Å². The van der Waals surface area contributed by atoms with E-state index in [0.717, 1.165) is 19.4 Å². The minimum absolute atomic E-state index is 0.406. The summed E-state index contributed by atoms with van der Waals surface area (Å²) in [6.45, 7) is 1.01. The van der Waals surface area contributed by atoms with E-state index in [0.29, 0.717) is 12.1 Å². The number of rotatable bonds is 4. The lowest BCUT2D eigenvalue weighted by atomic mass is 9.91. The highest BCUT2D eigenvalue weighted by atomic mass is 14.9. The molecule has 0 aromatic carbocycles. The molecule has 1 saturated carbocycles. The first-order valence-corrected chi connectivity index (χ1v) is 5.81. The van der Waals surface area contributed by atoms with Crippen LogP contribution in [-0.4, -0.2) is 28.6 Å². The number of aromatic nitrogens is 2. The van der Waals surface area contributed by atoms with Crippen LogP contribution in [0.2, 0.25) is 0 Å². The molecule has 0 spiro atoms. The van der Waals surface area contributed by atoms with Crippen molar-refractivity contribution in [3.05, 3.63) is 18.2 Å². The molecule has 2 unspecified atom stereocenters. The van der Waals surface area contributed by atoms with E-state index in [2.05, 4.69) is 15.3 Å². The van der Waals surface area contributed by atoms with Gasteiger partial charge in [-0.3, -0.25) is 0 Å². The number of hydrogen-bond acceptors (Lipinski definition) is 3. The Balaban J connectivity index is 1.65. The maximum Gasteiger partial charge on any atom is 0.0921 e. The van der Waals surface area contributed by atoms with Crippen molar-refractivity contribution in [2.45, 2.75) is 44.2 Å². The third-order valence-corrected chi connectivity index (χ3v) is 3.10. The van der Waals surface area contributed by atoms with Crippen LogP contribution in [-0.2, 0) is 6.42 Å². The third-order valence-electron chi connectivity index (χ3n) is 3.10. The summed E-state index contributed by atoms with van der Waals surface area (Å²) in [5, 5.41) is 3.56. The number of nitrogens with zero attached hydrogens (tertiary/aromatic N) is 1. The number of H-pyrrole nitrogens is 1. The summed E-state index contributed by atoms with van der Waals surface area (Å²) in [6, 6.07) is 1.03. The maximum absolute atomic E-state index is 5.94. The van der Waals surface area contributed by atoms with E-state index in [1.165, 1.54) is 25.0 Å². The Morgan fingerprint density at radius 3 is 3.20 bits per heavy atom. The molecule has 0 radical (unpaired) electrons. The van der Waals surface area contributed by atoms with Gasteiger partial charge in [-0.05, 0) is 19.3 Å². The molecule has 2 atom stereocenters. The van der Waals surface area contributed by atoms with Gasteiger partial charge in [0.2, 0.25) is 0 Å². The lowest BCUT2D eigenvalue weighted by molar-refractivity contribution is 0.341. The van der Waals surface area contributed by atoms with Gasteiger partial charge in [-0.1, -0.05) is 6.42 Å². The molecule has 1 fully saturated rings. The van der Waals surface area contributed by atoms with Crippen molar-refractivity contribution in [1.82, 2.24) is 15.3 Å². The Hall–Kier alpha value is -0.870. The van der Waals surface area contributed by atoms with E-state index in [9.17, 15) is 0 Å². The van der Waals surface area contributed by atoms with E-state index >= 15 is 0 Å². The maximum atomic E-state index is 5.94. The van der Waals surface area contributed by atoms with Crippen LogP contribution in [0.3, 0.4) is 0 Å². The normalized spacial score (nSPS) is 26.7. The number of aromatic amines is 1. The van der Waals surface area contributed by atoms with Crippen molar-refractivity contribution < 1.29 is 0 Å². The van der Waals surface area contributed by atoms with Crippen LogP contribution in [0.4, 0.5) is 0 Å². The number of hydrogen-bond donors (Lipinski definition) is 3. The van der Waals surface area contributed by atoms with Crippen molar-refractivity contribution in [3.8, 4) is 0 Å². The summed E-state index contributed by atoms with van der Waals surface area (Å²) in [6.07, 6.45) is 9.49. The Bertz CT molecular complexity index is 270. The van der Waals surface area contributed by atoms with Gasteiger partial charge in [-0.2, -0.15) is 0 Å². The van der Waals surface area contributed by atoms with Crippen LogP contribution in [0.15, 0.2) is 12.5 Å². The highest BCUT2D eigenvalue weighted by Crippen LogP contribution is 2.16. The molecule has 1 heterocycles. The van der Waals surface area contributed by atoms with E-state index in [1.807, 2.05) is 6.20 Å². The molecule has 0 bridgehead atoms. The second-order valence-electron chi connectivity index (χ2n) is 4.40. The molecule has 2 rings (SSSR count). The van der Waals surface area contributed by atoms with Gasteiger partial charge in [0.15, 0.2) is 0 Å². The highest BCUT2D eigenvalue weighted by molar-refractivity contribution is 4.94. The standard InChI is InChI=1S/C11H20N4/c12-9-2-1-3-10(6-9)14-5-4-11-7-13-8-15-11/h7-10,14H,1-6,12H2,(H,13,15). The zero-order valence-electron chi connectivity index (χ0n) is 9.08. The molecule has 0 aliphatic heterocycles. The van der Waals surface area contributed by atoms with Crippen LogP contribution < -0.4 is 11.1 Å². The summed E-state index contributed by atoms with van der Waals surface area (Å²) in [5.41, 5.74) is 7.13. The average molecular weight is 208 g/mol. The molecule has 1 aromatic rings. The van der Waals surface area contributed by atoms with Crippen molar-refractivity contribution in [3.63, 3.8) is 0 Å². The van der Waals surface area contributed by atoms with Gasteiger partial charge in [-0.25, -0.2) is 4.98 Å². The van der Waals surface area contributed by atoms with Gasteiger partial charge in [-0.15, -0.1) is 0 Å². The molecule has 1 aromatic heterocycles. The SMILES string of the molecule is NC1CCCC(NCCc2cnc[nH]2)C1. The minimum atomic E-state index is 0.406. The number of nitrogens with one attached hydrogen (secondary N) is 2. The second-order valence-corrected chi connectivity index (χ2v) is 4.40.